The van der Waals surface area contributed by atoms with Gasteiger partial charge >= 0.3 is 0 Å². The van der Waals surface area contributed by atoms with Crippen LogP contribution >= 0.6 is 0 Å². The fourth-order valence-corrected chi connectivity index (χ4v) is 10.6. The third kappa shape index (κ3) is 4.20. The van der Waals surface area contributed by atoms with Gasteiger partial charge in [-0.05, 0) is 123 Å². The molecule has 0 N–H and O–H groups in total. The summed E-state index contributed by atoms with van der Waals surface area (Å²) in [7, 11) is 0. The van der Waals surface area contributed by atoms with Gasteiger partial charge in [0, 0.05) is 10.8 Å². The van der Waals surface area contributed by atoms with Crippen LogP contribution < -0.4 is 0 Å². The molecule has 12 aromatic rings. The number of hydrogen-bond acceptors (Lipinski definition) is 1. The number of furan rings is 1. The highest BCUT2D eigenvalue weighted by molar-refractivity contribution is 6.28. The Morgan fingerprint density at radius 3 is 1.69 bits per heavy atom. The fraction of sp³-hybridized carbons (Fsp3) is 0.0175. The Morgan fingerprint density at radius 1 is 0.310 bits per heavy atom. The number of fused-ring (bicyclic) bond motifs is 7. The third-order valence-corrected chi connectivity index (χ3v) is 13.1. The second-order valence-corrected chi connectivity index (χ2v) is 15.9. The first-order valence-corrected chi connectivity index (χ1v) is 20.2. The van der Waals surface area contributed by atoms with Crippen LogP contribution in [0.2, 0.25) is 0 Å². The smallest absolute Gasteiger partial charge is 0.136 e. The molecule has 11 aromatic carbocycles. The second kappa shape index (κ2) is 11.8. The average Bonchev–Trinajstić information content (AvgIpc) is 3.80. The zero-order chi connectivity index (χ0) is 38.0. The van der Waals surface area contributed by atoms with Crippen molar-refractivity contribution in [3.63, 3.8) is 0 Å². The minimum absolute atomic E-state index is 0.547. The Kier molecular flexibility index (Phi) is 6.43. The minimum Gasteiger partial charge on any atom is -0.456 e. The molecule has 0 bridgehead atoms. The van der Waals surface area contributed by atoms with Crippen molar-refractivity contribution in [2.24, 2.45) is 0 Å². The van der Waals surface area contributed by atoms with Crippen LogP contribution in [0.5, 0.6) is 0 Å². The molecule has 0 unspecified atom stereocenters. The molecule has 0 amide bonds. The molecule has 0 radical (unpaired) electrons. The highest BCUT2D eigenvalue weighted by Gasteiger charge is 2.47. The zero-order valence-electron chi connectivity index (χ0n) is 31.5. The molecule has 1 aliphatic rings. The van der Waals surface area contributed by atoms with Crippen molar-refractivity contribution < 1.29 is 4.42 Å². The molecule has 0 spiro atoms. The van der Waals surface area contributed by atoms with Crippen LogP contribution in [0.4, 0.5) is 0 Å². The van der Waals surface area contributed by atoms with Crippen LogP contribution in [0.25, 0.3) is 98.4 Å². The highest BCUT2D eigenvalue weighted by Crippen LogP contribution is 2.60. The molecule has 0 saturated carbocycles. The van der Waals surface area contributed by atoms with Gasteiger partial charge < -0.3 is 4.42 Å². The molecule has 1 aromatic heterocycles. The molecule has 1 heteroatoms. The standard InChI is InChI=1S/C57H34O/c1-3-14-40(15-4-1)57(41-16-5-2-6-17-41)50-20-11-19-45(56(50)49-34-53-48(33-51(49)57)44-18-9-10-21-52(44)58-53)43-29-25-37-26-30-46-42(28-24-36-27-31-47(43)55(37)54(36)46)39-23-22-35-12-7-8-13-38(35)32-39/h1-34H. The molecule has 1 aliphatic carbocycles. The van der Waals surface area contributed by atoms with Gasteiger partial charge in [-0.25, -0.2) is 0 Å². The van der Waals surface area contributed by atoms with Crippen LogP contribution in [0, 0.1) is 0 Å². The first-order valence-electron chi connectivity index (χ1n) is 20.2. The van der Waals surface area contributed by atoms with Gasteiger partial charge in [0.25, 0.3) is 0 Å². The largest absolute Gasteiger partial charge is 0.456 e. The fourth-order valence-electron chi connectivity index (χ4n) is 10.6. The van der Waals surface area contributed by atoms with E-state index in [0.29, 0.717) is 0 Å². The lowest BCUT2D eigenvalue weighted by atomic mass is 9.67. The van der Waals surface area contributed by atoms with Gasteiger partial charge in [-0.1, -0.05) is 182 Å². The van der Waals surface area contributed by atoms with E-state index in [9.17, 15) is 0 Å². The normalized spacial score (nSPS) is 13.3. The van der Waals surface area contributed by atoms with Crippen LogP contribution in [0.15, 0.2) is 211 Å². The molecule has 0 saturated heterocycles. The predicted octanol–water partition coefficient (Wildman–Crippen LogP) is 15.3. The van der Waals surface area contributed by atoms with Gasteiger partial charge in [0.2, 0.25) is 0 Å². The van der Waals surface area contributed by atoms with E-state index in [2.05, 4.69) is 206 Å². The summed E-state index contributed by atoms with van der Waals surface area (Å²) in [5.41, 5.74) is 13.8. The van der Waals surface area contributed by atoms with Gasteiger partial charge in [-0.3, -0.25) is 0 Å². The maximum atomic E-state index is 6.64. The van der Waals surface area contributed by atoms with Crippen molar-refractivity contribution in [3.05, 3.63) is 229 Å². The molecule has 0 atom stereocenters. The van der Waals surface area contributed by atoms with Crippen molar-refractivity contribution >= 4 is 65.0 Å². The van der Waals surface area contributed by atoms with E-state index < -0.39 is 5.41 Å². The van der Waals surface area contributed by atoms with E-state index in [-0.39, 0.29) is 0 Å². The van der Waals surface area contributed by atoms with Gasteiger partial charge in [0.15, 0.2) is 0 Å². The molecule has 58 heavy (non-hydrogen) atoms. The lowest BCUT2D eigenvalue weighted by molar-refractivity contribution is 0.668. The Labute approximate surface area is 335 Å². The SMILES string of the molecule is c1ccc(C2(c3ccccc3)c3cc4c(cc3-c3c(-c5ccc6ccc7c(-c8ccc9ccccc9c8)ccc8ccc5c6c87)cccc32)oc2ccccc24)cc1. The summed E-state index contributed by atoms with van der Waals surface area (Å²) in [5.74, 6) is 0. The molecular formula is C57H34O. The number of para-hydroxylation sites is 1. The third-order valence-electron chi connectivity index (χ3n) is 13.1. The van der Waals surface area contributed by atoms with Crippen LogP contribution in [0.1, 0.15) is 22.3 Å². The maximum absolute atomic E-state index is 6.64. The first kappa shape index (κ1) is 31.7. The average molecular weight is 735 g/mol. The number of rotatable bonds is 4. The van der Waals surface area contributed by atoms with Crippen molar-refractivity contribution in [1.82, 2.24) is 0 Å². The summed E-state index contributed by atoms with van der Waals surface area (Å²) in [6.07, 6.45) is 0. The van der Waals surface area contributed by atoms with Crippen molar-refractivity contribution in [3.8, 4) is 33.4 Å². The van der Waals surface area contributed by atoms with E-state index >= 15 is 0 Å². The highest BCUT2D eigenvalue weighted by atomic mass is 16.3. The summed E-state index contributed by atoms with van der Waals surface area (Å²) in [4.78, 5) is 0. The van der Waals surface area contributed by atoms with Gasteiger partial charge in [0.05, 0.1) is 5.41 Å². The molecule has 0 aliphatic heterocycles. The van der Waals surface area contributed by atoms with E-state index in [0.717, 1.165) is 21.9 Å². The first-order chi connectivity index (χ1) is 28.8. The maximum Gasteiger partial charge on any atom is 0.136 e. The van der Waals surface area contributed by atoms with Gasteiger partial charge in [0.1, 0.15) is 11.2 Å². The molecule has 1 heterocycles. The lowest BCUT2D eigenvalue weighted by Crippen LogP contribution is -2.28. The van der Waals surface area contributed by atoms with Crippen LogP contribution in [-0.4, -0.2) is 0 Å². The van der Waals surface area contributed by atoms with Crippen molar-refractivity contribution in [1.29, 1.82) is 0 Å². The molecular weight excluding hydrogens is 701 g/mol. The molecule has 1 nitrogen and oxygen atoms in total. The minimum atomic E-state index is -0.547. The Balaban J connectivity index is 1.12. The molecule has 13 rings (SSSR count). The zero-order valence-corrected chi connectivity index (χ0v) is 31.5. The van der Waals surface area contributed by atoms with E-state index in [1.54, 1.807) is 0 Å². The summed E-state index contributed by atoms with van der Waals surface area (Å²) < 4.78 is 6.64. The van der Waals surface area contributed by atoms with Gasteiger partial charge in [-0.15, -0.1) is 0 Å². The van der Waals surface area contributed by atoms with Crippen LogP contribution in [-0.2, 0) is 5.41 Å². The Morgan fingerprint density at radius 2 is 0.931 bits per heavy atom. The monoisotopic (exact) mass is 734 g/mol. The Bertz CT molecular complexity index is 3570. The number of benzene rings is 11. The Hall–Kier alpha value is -7.48. The molecule has 0 fully saturated rings. The lowest BCUT2D eigenvalue weighted by Gasteiger charge is -2.34. The summed E-state index contributed by atoms with van der Waals surface area (Å²) in [6, 6.07) is 76.5. The quantitative estimate of drug-likeness (QED) is 0.164. The molecule has 268 valence electrons. The topological polar surface area (TPSA) is 13.1 Å². The second-order valence-electron chi connectivity index (χ2n) is 15.9. The number of hydrogen-bond donors (Lipinski definition) is 0. The van der Waals surface area contributed by atoms with E-state index in [1.165, 1.54) is 98.7 Å². The predicted molar refractivity (Wildman–Crippen MR) is 243 cm³/mol. The van der Waals surface area contributed by atoms with E-state index in [4.69, 9.17) is 4.42 Å². The summed E-state index contributed by atoms with van der Waals surface area (Å²) in [6.45, 7) is 0. The van der Waals surface area contributed by atoms with Crippen molar-refractivity contribution in [2.75, 3.05) is 0 Å². The van der Waals surface area contributed by atoms with Crippen molar-refractivity contribution in [2.45, 2.75) is 5.41 Å². The van der Waals surface area contributed by atoms with Crippen LogP contribution in [0.3, 0.4) is 0 Å². The van der Waals surface area contributed by atoms with E-state index in [1.807, 2.05) is 0 Å². The van der Waals surface area contributed by atoms with Gasteiger partial charge in [-0.2, -0.15) is 0 Å². The summed E-state index contributed by atoms with van der Waals surface area (Å²) in [5, 5.41) is 12.5. The summed E-state index contributed by atoms with van der Waals surface area (Å²) >= 11 is 0.